The van der Waals surface area contributed by atoms with Crippen LogP contribution in [0.1, 0.15) is 18.6 Å². The maximum absolute atomic E-state index is 10.4. The van der Waals surface area contributed by atoms with Gasteiger partial charge in [0.1, 0.15) is 6.10 Å². The van der Waals surface area contributed by atoms with Crippen molar-refractivity contribution in [3.63, 3.8) is 0 Å². The zero-order chi connectivity index (χ0) is 10.7. The lowest BCUT2D eigenvalue weighted by Gasteiger charge is -2.12. The molecule has 0 saturated carbocycles. The minimum Gasteiger partial charge on any atom is -0.381 e. The van der Waals surface area contributed by atoms with Gasteiger partial charge in [0.15, 0.2) is 0 Å². The minimum atomic E-state index is -1.10. The Morgan fingerprint density at radius 1 is 1.43 bits per heavy atom. The molecule has 2 atom stereocenters. The number of rotatable bonds is 3. The molecular weight excluding hydrogens is 206 g/mol. The fraction of sp³-hybridized carbons (Fsp3) is 0.333. The fourth-order valence-corrected chi connectivity index (χ4v) is 1.18. The SMILES string of the molecule is CC(C(O)c1ccc(Cl)cc1)[N+](=O)[O-]. The van der Waals surface area contributed by atoms with E-state index in [9.17, 15) is 15.2 Å². The molecule has 0 saturated heterocycles. The fourth-order valence-electron chi connectivity index (χ4n) is 1.05. The van der Waals surface area contributed by atoms with Crippen LogP contribution in [0, 0.1) is 10.1 Å². The van der Waals surface area contributed by atoms with E-state index < -0.39 is 17.1 Å². The number of hydrogen-bond acceptors (Lipinski definition) is 3. The standard InChI is InChI=1S/C9H10ClNO3/c1-6(11(13)14)9(12)7-2-4-8(10)5-3-7/h2-6,9,12H,1H3. The molecule has 76 valence electrons. The first-order valence-corrected chi connectivity index (χ1v) is 4.47. The van der Waals surface area contributed by atoms with Crippen molar-refractivity contribution in [2.24, 2.45) is 0 Å². The van der Waals surface area contributed by atoms with Gasteiger partial charge in [0.25, 0.3) is 0 Å². The summed E-state index contributed by atoms with van der Waals surface area (Å²) in [6.07, 6.45) is -1.10. The van der Waals surface area contributed by atoms with Crippen LogP contribution in [0.4, 0.5) is 0 Å². The first-order valence-electron chi connectivity index (χ1n) is 4.09. The average molecular weight is 216 g/mol. The summed E-state index contributed by atoms with van der Waals surface area (Å²) < 4.78 is 0. The zero-order valence-electron chi connectivity index (χ0n) is 7.55. The number of halogens is 1. The van der Waals surface area contributed by atoms with Crippen molar-refractivity contribution < 1.29 is 10.0 Å². The van der Waals surface area contributed by atoms with E-state index in [-0.39, 0.29) is 0 Å². The molecule has 0 spiro atoms. The van der Waals surface area contributed by atoms with Gasteiger partial charge in [-0.25, -0.2) is 0 Å². The molecule has 1 N–H and O–H groups in total. The number of hydrogen-bond donors (Lipinski definition) is 1. The molecule has 1 rings (SSSR count). The van der Waals surface area contributed by atoms with Crippen molar-refractivity contribution in [1.29, 1.82) is 0 Å². The monoisotopic (exact) mass is 215 g/mol. The van der Waals surface area contributed by atoms with E-state index in [2.05, 4.69) is 0 Å². The molecule has 0 radical (unpaired) electrons. The van der Waals surface area contributed by atoms with Crippen molar-refractivity contribution in [3.8, 4) is 0 Å². The van der Waals surface area contributed by atoms with E-state index in [1.807, 2.05) is 0 Å². The predicted molar refractivity (Wildman–Crippen MR) is 52.9 cm³/mol. The molecule has 4 nitrogen and oxygen atoms in total. The lowest BCUT2D eigenvalue weighted by atomic mass is 10.0. The first-order chi connectivity index (χ1) is 6.52. The van der Waals surface area contributed by atoms with E-state index in [4.69, 9.17) is 11.6 Å². The van der Waals surface area contributed by atoms with E-state index in [0.717, 1.165) is 0 Å². The van der Waals surface area contributed by atoms with E-state index in [1.165, 1.54) is 6.92 Å². The van der Waals surface area contributed by atoms with E-state index in [1.54, 1.807) is 24.3 Å². The van der Waals surface area contributed by atoms with Crippen LogP contribution in [0.25, 0.3) is 0 Å². The first kappa shape index (κ1) is 10.9. The van der Waals surface area contributed by atoms with Crippen LogP contribution in [0.5, 0.6) is 0 Å². The second-order valence-electron chi connectivity index (χ2n) is 3.02. The number of aliphatic hydroxyl groups excluding tert-OH is 1. The van der Waals surface area contributed by atoms with Gasteiger partial charge in [-0.15, -0.1) is 0 Å². The van der Waals surface area contributed by atoms with Crippen molar-refractivity contribution in [2.75, 3.05) is 0 Å². The van der Waals surface area contributed by atoms with E-state index >= 15 is 0 Å². The third kappa shape index (κ3) is 2.43. The highest BCUT2D eigenvalue weighted by molar-refractivity contribution is 6.30. The predicted octanol–water partition coefficient (Wildman–Crippen LogP) is 2.04. The van der Waals surface area contributed by atoms with Crippen LogP contribution >= 0.6 is 11.6 Å². The van der Waals surface area contributed by atoms with Gasteiger partial charge >= 0.3 is 0 Å². The van der Waals surface area contributed by atoms with Gasteiger partial charge in [-0.1, -0.05) is 23.7 Å². The summed E-state index contributed by atoms with van der Waals surface area (Å²) in [7, 11) is 0. The van der Waals surface area contributed by atoms with Gasteiger partial charge in [0, 0.05) is 16.9 Å². The lowest BCUT2D eigenvalue weighted by Crippen LogP contribution is -2.23. The van der Waals surface area contributed by atoms with Crippen molar-refractivity contribution in [1.82, 2.24) is 0 Å². The minimum absolute atomic E-state index is 0.499. The van der Waals surface area contributed by atoms with Crippen molar-refractivity contribution >= 4 is 11.6 Å². The third-order valence-corrected chi connectivity index (χ3v) is 2.25. The molecule has 0 amide bonds. The maximum Gasteiger partial charge on any atom is 0.239 e. The van der Waals surface area contributed by atoms with Gasteiger partial charge in [-0.2, -0.15) is 0 Å². The molecule has 2 unspecified atom stereocenters. The third-order valence-electron chi connectivity index (χ3n) is 2.00. The molecule has 0 fully saturated rings. The summed E-state index contributed by atoms with van der Waals surface area (Å²) in [5.74, 6) is 0. The molecule has 0 aromatic heterocycles. The van der Waals surface area contributed by atoms with Crippen LogP contribution in [0.15, 0.2) is 24.3 Å². The van der Waals surface area contributed by atoms with Gasteiger partial charge in [0.2, 0.25) is 6.04 Å². The van der Waals surface area contributed by atoms with Gasteiger partial charge < -0.3 is 5.11 Å². The summed E-state index contributed by atoms with van der Waals surface area (Å²) in [5.41, 5.74) is 0.499. The van der Waals surface area contributed by atoms with Crippen molar-refractivity contribution in [3.05, 3.63) is 45.0 Å². The van der Waals surface area contributed by atoms with Crippen LogP contribution in [-0.2, 0) is 0 Å². The molecule has 14 heavy (non-hydrogen) atoms. The van der Waals surface area contributed by atoms with Crippen LogP contribution in [0.2, 0.25) is 5.02 Å². The molecule has 0 aliphatic rings. The van der Waals surface area contributed by atoms with Gasteiger partial charge in [-0.05, 0) is 17.7 Å². The summed E-state index contributed by atoms with van der Waals surface area (Å²) >= 11 is 5.64. The normalized spacial score (nSPS) is 14.8. The second kappa shape index (κ2) is 4.39. The summed E-state index contributed by atoms with van der Waals surface area (Å²) in [4.78, 5) is 9.89. The molecule has 1 aromatic rings. The summed E-state index contributed by atoms with van der Waals surface area (Å²) in [6, 6.07) is 5.32. The average Bonchev–Trinajstić information content (AvgIpc) is 2.16. The molecule has 1 aromatic carbocycles. The Hall–Kier alpha value is -1.13. The second-order valence-corrected chi connectivity index (χ2v) is 3.46. The zero-order valence-corrected chi connectivity index (χ0v) is 8.31. The Labute approximate surface area is 86.3 Å². The number of aliphatic hydroxyl groups is 1. The van der Waals surface area contributed by atoms with Gasteiger partial charge in [-0.3, -0.25) is 10.1 Å². The topological polar surface area (TPSA) is 63.4 Å². The quantitative estimate of drug-likeness (QED) is 0.620. The molecule has 5 heteroatoms. The molecule has 0 aliphatic heterocycles. The highest BCUT2D eigenvalue weighted by atomic mass is 35.5. The molecule has 0 bridgehead atoms. The number of nitrogens with zero attached hydrogens (tertiary/aromatic N) is 1. The van der Waals surface area contributed by atoms with Crippen LogP contribution < -0.4 is 0 Å². The van der Waals surface area contributed by atoms with E-state index in [0.29, 0.717) is 10.6 Å². The summed E-state index contributed by atoms with van der Waals surface area (Å²) in [5, 5.41) is 20.5. The molecular formula is C9H10ClNO3. The lowest BCUT2D eigenvalue weighted by molar-refractivity contribution is -0.531. The number of benzene rings is 1. The highest BCUT2D eigenvalue weighted by Gasteiger charge is 2.25. The maximum atomic E-state index is 10.4. The van der Waals surface area contributed by atoms with Gasteiger partial charge in [0.05, 0.1) is 0 Å². The Balaban J connectivity index is 2.84. The Morgan fingerprint density at radius 2 is 1.93 bits per heavy atom. The Morgan fingerprint density at radius 3 is 2.36 bits per heavy atom. The van der Waals surface area contributed by atoms with Crippen LogP contribution in [-0.4, -0.2) is 16.1 Å². The smallest absolute Gasteiger partial charge is 0.239 e. The summed E-state index contributed by atoms with van der Waals surface area (Å²) in [6.45, 7) is 1.36. The molecule has 0 aliphatic carbocycles. The molecule has 0 heterocycles. The van der Waals surface area contributed by atoms with Crippen LogP contribution in [0.3, 0.4) is 0 Å². The number of nitro groups is 1. The highest BCUT2D eigenvalue weighted by Crippen LogP contribution is 2.20. The largest absolute Gasteiger partial charge is 0.381 e. The Bertz CT molecular complexity index is 325. The van der Waals surface area contributed by atoms with Crippen molar-refractivity contribution in [2.45, 2.75) is 19.1 Å². The Kier molecular flexibility index (Phi) is 3.43.